The summed E-state index contributed by atoms with van der Waals surface area (Å²) < 4.78 is 14.5. The van der Waals surface area contributed by atoms with Gasteiger partial charge in [0.1, 0.15) is 35.2 Å². The largest absolute Gasteiger partial charge is 0.489 e. The molecule has 11 heteroatoms. The molecular formula is C19H19BrClN5O4. The lowest BCUT2D eigenvalue weighted by molar-refractivity contribution is -0.116. The molecule has 0 bridgehead atoms. The number of carbonyl (C=O) groups is 1. The second-order valence-electron chi connectivity index (χ2n) is 6.93. The molecule has 1 amide bonds. The third-order valence-electron chi connectivity index (χ3n) is 4.75. The smallest absolute Gasteiger partial charge is 0.266 e. The second kappa shape index (κ2) is 8.75. The molecule has 3 aromatic rings. The van der Waals surface area contributed by atoms with Gasteiger partial charge < -0.3 is 14.8 Å². The number of hydrogen-bond donors (Lipinski definition) is 1. The number of rotatable bonds is 6. The van der Waals surface area contributed by atoms with Crippen molar-refractivity contribution < 1.29 is 14.3 Å². The van der Waals surface area contributed by atoms with E-state index in [-0.39, 0.29) is 18.2 Å². The van der Waals surface area contributed by atoms with Crippen molar-refractivity contribution in [3.8, 4) is 5.75 Å². The average Bonchev–Trinajstić information content (AvgIpc) is 3.31. The number of ether oxygens (including phenoxy) is 2. The number of benzene rings is 1. The Bertz CT molecular complexity index is 1160. The van der Waals surface area contributed by atoms with Crippen molar-refractivity contribution in [3.05, 3.63) is 44.5 Å². The molecule has 1 aliphatic heterocycles. The van der Waals surface area contributed by atoms with Crippen LogP contribution >= 0.6 is 27.5 Å². The molecule has 1 unspecified atom stereocenters. The van der Waals surface area contributed by atoms with Crippen LogP contribution in [0, 0.1) is 0 Å². The minimum Gasteiger partial charge on any atom is -0.489 e. The highest BCUT2D eigenvalue weighted by Gasteiger charge is 2.18. The van der Waals surface area contributed by atoms with E-state index in [0.717, 1.165) is 19.4 Å². The highest BCUT2D eigenvalue weighted by Crippen LogP contribution is 2.29. The Kier molecular flexibility index (Phi) is 6.07. The van der Waals surface area contributed by atoms with Crippen LogP contribution in [0.3, 0.4) is 0 Å². The standard InChI is InChI=1S/C19H19BrClN5O4/c1-25-18-16(17(20)24-25)19(28)26(10-22-18)8-15(27)23-13-7-11(21)4-5-14(13)30-9-12-3-2-6-29-12/h4-5,7,10,12H,2-3,6,8-9H2,1H3,(H,23,27). The predicted molar refractivity (Wildman–Crippen MR) is 115 cm³/mol. The summed E-state index contributed by atoms with van der Waals surface area (Å²) >= 11 is 9.34. The third kappa shape index (κ3) is 4.35. The van der Waals surface area contributed by atoms with Gasteiger partial charge >= 0.3 is 0 Å². The highest BCUT2D eigenvalue weighted by molar-refractivity contribution is 9.10. The summed E-state index contributed by atoms with van der Waals surface area (Å²) in [5, 5.41) is 7.66. The van der Waals surface area contributed by atoms with Gasteiger partial charge in [-0.15, -0.1) is 0 Å². The number of amides is 1. The first-order valence-corrected chi connectivity index (χ1v) is 10.5. The fraction of sp³-hybridized carbons (Fsp3) is 0.368. The Hall–Kier alpha value is -2.43. The van der Waals surface area contributed by atoms with Gasteiger partial charge in [-0.25, -0.2) is 9.67 Å². The molecule has 1 saturated heterocycles. The summed E-state index contributed by atoms with van der Waals surface area (Å²) in [6, 6.07) is 4.98. The lowest BCUT2D eigenvalue weighted by Crippen LogP contribution is -2.28. The zero-order chi connectivity index (χ0) is 21.3. The molecule has 0 spiro atoms. The minimum atomic E-state index is -0.414. The zero-order valence-electron chi connectivity index (χ0n) is 16.1. The van der Waals surface area contributed by atoms with Gasteiger partial charge in [0.2, 0.25) is 5.91 Å². The van der Waals surface area contributed by atoms with E-state index in [1.165, 1.54) is 15.6 Å². The van der Waals surface area contributed by atoms with Gasteiger partial charge in [-0.05, 0) is 47.0 Å². The fourth-order valence-corrected chi connectivity index (χ4v) is 4.03. The molecule has 1 aliphatic rings. The molecule has 0 saturated carbocycles. The van der Waals surface area contributed by atoms with Crippen LogP contribution in [0.15, 0.2) is 33.9 Å². The first kappa shape index (κ1) is 20.8. The molecule has 30 heavy (non-hydrogen) atoms. The van der Waals surface area contributed by atoms with Gasteiger partial charge in [0.25, 0.3) is 5.56 Å². The van der Waals surface area contributed by atoms with Crippen molar-refractivity contribution in [3.63, 3.8) is 0 Å². The van der Waals surface area contributed by atoms with Crippen LogP contribution in [-0.4, -0.2) is 44.6 Å². The van der Waals surface area contributed by atoms with E-state index < -0.39 is 5.91 Å². The summed E-state index contributed by atoms with van der Waals surface area (Å²) in [4.78, 5) is 29.6. The second-order valence-corrected chi connectivity index (χ2v) is 8.11. The molecule has 1 atom stereocenters. The molecule has 1 fully saturated rings. The number of anilines is 1. The highest BCUT2D eigenvalue weighted by atomic mass is 79.9. The first-order valence-electron chi connectivity index (χ1n) is 9.34. The average molecular weight is 497 g/mol. The number of fused-ring (bicyclic) bond motifs is 1. The molecule has 3 heterocycles. The molecule has 1 N–H and O–H groups in total. The van der Waals surface area contributed by atoms with E-state index in [2.05, 4.69) is 31.3 Å². The number of aryl methyl sites for hydroxylation is 1. The maximum Gasteiger partial charge on any atom is 0.266 e. The van der Waals surface area contributed by atoms with Crippen molar-refractivity contribution in [2.24, 2.45) is 7.05 Å². The van der Waals surface area contributed by atoms with Crippen LogP contribution in [0.5, 0.6) is 5.75 Å². The molecule has 158 valence electrons. The van der Waals surface area contributed by atoms with Gasteiger partial charge in [-0.1, -0.05) is 11.6 Å². The Morgan fingerprint density at radius 1 is 1.47 bits per heavy atom. The van der Waals surface area contributed by atoms with E-state index in [4.69, 9.17) is 21.1 Å². The van der Waals surface area contributed by atoms with E-state index in [1.54, 1.807) is 25.2 Å². The normalized spacial score (nSPS) is 16.2. The van der Waals surface area contributed by atoms with E-state index >= 15 is 0 Å². The fourth-order valence-electron chi connectivity index (χ4n) is 3.28. The van der Waals surface area contributed by atoms with Crippen LogP contribution in [0.1, 0.15) is 12.8 Å². The molecule has 0 aliphatic carbocycles. The SMILES string of the molecule is Cn1nc(Br)c2c(=O)n(CC(=O)Nc3cc(Cl)ccc3OCC3CCCO3)cnc21. The van der Waals surface area contributed by atoms with Crippen LogP contribution in [0.4, 0.5) is 5.69 Å². The van der Waals surface area contributed by atoms with E-state index in [0.29, 0.717) is 38.7 Å². The molecule has 0 radical (unpaired) electrons. The van der Waals surface area contributed by atoms with Crippen LogP contribution in [0.25, 0.3) is 11.0 Å². The van der Waals surface area contributed by atoms with Gasteiger partial charge in [-0.2, -0.15) is 5.10 Å². The van der Waals surface area contributed by atoms with Gasteiger partial charge in [0, 0.05) is 18.7 Å². The van der Waals surface area contributed by atoms with Crippen molar-refractivity contribution >= 4 is 50.2 Å². The van der Waals surface area contributed by atoms with E-state index in [1.807, 2.05) is 0 Å². The predicted octanol–water partition coefficient (Wildman–Crippen LogP) is 2.74. The summed E-state index contributed by atoms with van der Waals surface area (Å²) in [6.07, 6.45) is 3.32. The minimum absolute atomic E-state index is 0.0403. The van der Waals surface area contributed by atoms with Crippen LogP contribution < -0.4 is 15.6 Å². The lowest BCUT2D eigenvalue weighted by atomic mass is 10.2. The third-order valence-corrected chi connectivity index (χ3v) is 5.54. The molecular weight excluding hydrogens is 478 g/mol. The molecule has 4 rings (SSSR count). The Morgan fingerprint density at radius 3 is 3.07 bits per heavy atom. The number of carbonyl (C=O) groups excluding carboxylic acids is 1. The van der Waals surface area contributed by atoms with Crippen molar-refractivity contribution in [1.29, 1.82) is 0 Å². The Balaban J connectivity index is 1.50. The summed E-state index contributed by atoms with van der Waals surface area (Å²) in [7, 11) is 1.69. The number of nitrogens with zero attached hydrogens (tertiary/aromatic N) is 4. The monoisotopic (exact) mass is 495 g/mol. The maximum atomic E-state index is 12.7. The first-order chi connectivity index (χ1) is 14.4. The van der Waals surface area contributed by atoms with Crippen LogP contribution in [0.2, 0.25) is 5.02 Å². The maximum absolute atomic E-state index is 12.7. The summed E-state index contributed by atoms with van der Waals surface area (Å²) in [5.41, 5.74) is 0.495. The van der Waals surface area contributed by atoms with Gasteiger partial charge in [0.15, 0.2) is 5.65 Å². The topological polar surface area (TPSA) is 100 Å². The van der Waals surface area contributed by atoms with Crippen molar-refractivity contribution in [2.75, 3.05) is 18.5 Å². The number of halogens is 2. The molecule has 9 nitrogen and oxygen atoms in total. The number of aromatic nitrogens is 4. The quantitative estimate of drug-likeness (QED) is 0.563. The van der Waals surface area contributed by atoms with Crippen molar-refractivity contribution in [2.45, 2.75) is 25.5 Å². The summed E-state index contributed by atoms with van der Waals surface area (Å²) in [6.45, 7) is 0.902. The van der Waals surface area contributed by atoms with Crippen molar-refractivity contribution in [1.82, 2.24) is 19.3 Å². The molecule has 1 aromatic carbocycles. The van der Waals surface area contributed by atoms with Gasteiger partial charge in [-0.3, -0.25) is 14.2 Å². The lowest BCUT2D eigenvalue weighted by Gasteiger charge is -2.16. The van der Waals surface area contributed by atoms with E-state index in [9.17, 15) is 9.59 Å². The number of hydrogen-bond acceptors (Lipinski definition) is 6. The Labute approximate surface area is 185 Å². The number of nitrogens with one attached hydrogen (secondary N) is 1. The molecule has 2 aromatic heterocycles. The summed E-state index contributed by atoms with van der Waals surface area (Å²) in [5.74, 6) is 0.0710. The zero-order valence-corrected chi connectivity index (χ0v) is 18.4. The Morgan fingerprint density at radius 2 is 2.30 bits per heavy atom. The van der Waals surface area contributed by atoms with Crippen LogP contribution in [-0.2, 0) is 23.1 Å². The van der Waals surface area contributed by atoms with Gasteiger partial charge in [0.05, 0.1) is 11.8 Å².